The molecule has 0 fully saturated rings. The molecule has 2 N–H and O–H groups in total. The van der Waals surface area contributed by atoms with Crippen LogP contribution in [0.1, 0.15) is 24.1 Å². The quantitative estimate of drug-likeness (QED) is 0.607. The van der Waals surface area contributed by atoms with Crippen LogP contribution in [0.5, 0.6) is 0 Å². The molecule has 1 aliphatic carbocycles. The first-order chi connectivity index (χ1) is 6.84. The predicted octanol–water partition coefficient (Wildman–Crippen LogP) is 2.20. The van der Waals surface area contributed by atoms with Gasteiger partial charge in [0.2, 0.25) is 0 Å². The summed E-state index contributed by atoms with van der Waals surface area (Å²) in [6.07, 6.45) is 5.94. The van der Waals surface area contributed by atoms with Crippen molar-refractivity contribution in [1.82, 2.24) is 5.32 Å². The van der Waals surface area contributed by atoms with Crippen molar-refractivity contribution in [3.05, 3.63) is 41.5 Å². The molecule has 0 saturated carbocycles. The third-order valence-electron chi connectivity index (χ3n) is 2.98. The predicted molar refractivity (Wildman–Crippen MR) is 58.2 cm³/mol. The normalized spacial score (nSPS) is 28.1. The Hall–Kier alpha value is -1.28. The van der Waals surface area contributed by atoms with Gasteiger partial charge in [0.05, 0.1) is 12.2 Å². The van der Waals surface area contributed by atoms with Crippen molar-refractivity contribution in [1.29, 1.82) is 0 Å². The molecule has 0 aromatic heterocycles. The molecule has 1 heterocycles. The Balaban J connectivity index is 2.18. The highest BCUT2D eigenvalue weighted by atomic mass is 15.2. The topological polar surface area (TPSA) is 24.1 Å². The third-order valence-corrected chi connectivity index (χ3v) is 2.98. The van der Waals surface area contributed by atoms with Crippen molar-refractivity contribution in [2.24, 2.45) is 0 Å². The van der Waals surface area contributed by atoms with Crippen molar-refractivity contribution >= 4 is 5.69 Å². The van der Waals surface area contributed by atoms with E-state index in [0.717, 1.165) is 6.42 Å². The summed E-state index contributed by atoms with van der Waals surface area (Å²) >= 11 is 0. The van der Waals surface area contributed by atoms with E-state index < -0.39 is 0 Å². The zero-order valence-corrected chi connectivity index (χ0v) is 8.25. The van der Waals surface area contributed by atoms with E-state index in [1.807, 2.05) is 0 Å². The lowest BCUT2D eigenvalue weighted by Crippen LogP contribution is -2.41. The van der Waals surface area contributed by atoms with Gasteiger partial charge in [0.25, 0.3) is 0 Å². The smallest absolute Gasteiger partial charge is 0.0746 e. The number of hydrogen-bond acceptors (Lipinski definition) is 2. The lowest BCUT2D eigenvalue weighted by molar-refractivity contribution is 0.521. The van der Waals surface area contributed by atoms with Gasteiger partial charge in [0, 0.05) is 5.69 Å². The Morgan fingerprint density at radius 2 is 2.29 bits per heavy atom. The van der Waals surface area contributed by atoms with Crippen LogP contribution in [-0.2, 0) is 6.42 Å². The van der Waals surface area contributed by atoms with Gasteiger partial charge in [0.15, 0.2) is 0 Å². The maximum absolute atomic E-state index is 3.52. The summed E-state index contributed by atoms with van der Waals surface area (Å²) in [5.74, 6) is 0. The molecule has 2 unspecified atom stereocenters. The maximum atomic E-state index is 3.52. The molecule has 0 radical (unpaired) electrons. The summed E-state index contributed by atoms with van der Waals surface area (Å²) < 4.78 is 0. The maximum Gasteiger partial charge on any atom is 0.0746 e. The Morgan fingerprint density at radius 1 is 1.36 bits per heavy atom. The van der Waals surface area contributed by atoms with Crippen molar-refractivity contribution in [2.75, 3.05) is 5.32 Å². The van der Waals surface area contributed by atoms with Gasteiger partial charge in [-0.25, -0.2) is 0 Å². The van der Waals surface area contributed by atoms with E-state index in [2.05, 4.69) is 47.9 Å². The first-order valence-corrected chi connectivity index (χ1v) is 5.15. The Bertz CT molecular complexity index is 395. The number of benzene rings is 1. The van der Waals surface area contributed by atoms with Crippen LogP contribution < -0.4 is 10.6 Å². The zero-order valence-electron chi connectivity index (χ0n) is 8.25. The number of allylic oxidation sites excluding steroid dienone is 1. The highest BCUT2D eigenvalue weighted by molar-refractivity contribution is 5.61. The lowest BCUT2D eigenvalue weighted by Gasteiger charge is -2.34. The van der Waals surface area contributed by atoms with Crippen LogP contribution in [0.4, 0.5) is 5.69 Å². The van der Waals surface area contributed by atoms with E-state index in [9.17, 15) is 0 Å². The average molecular weight is 186 g/mol. The molecule has 2 heteroatoms. The van der Waals surface area contributed by atoms with E-state index in [-0.39, 0.29) is 0 Å². The Labute approximate surface area is 84.0 Å². The molecule has 0 spiro atoms. The highest BCUT2D eigenvalue weighted by Crippen LogP contribution is 2.34. The lowest BCUT2D eigenvalue weighted by atomic mass is 9.90. The number of rotatable bonds is 0. The number of anilines is 1. The Kier molecular flexibility index (Phi) is 1.64. The molecule has 1 aromatic carbocycles. The molecule has 0 saturated heterocycles. The van der Waals surface area contributed by atoms with Crippen LogP contribution >= 0.6 is 0 Å². The monoisotopic (exact) mass is 186 g/mol. The van der Waals surface area contributed by atoms with Gasteiger partial charge in [-0.1, -0.05) is 24.3 Å². The van der Waals surface area contributed by atoms with Gasteiger partial charge < -0.3 is 5.32 Å². The zero-order chi connectivity index (χ0) is 9.54. The van der Waals surface area contributed by atoms with Crippen LogP contribution in [0, 0.1) is 0 Å². The number of nitrogens with one attached hydrogen (secondary N) is 2. The largest absolute Gasteiger partial charge is 0.370 e. The molecule has 14 heavy (non-hydrogen) atoms. The number of hydrogen-bond donors (Lipinski definition) is 2. The summed E-state index contributed by atoms with van der Waals surface area (Å²) in [6.45, 7) is 2.15. The van der Waals surface area contributed by atoms with Gasteiger partial charge >= 0.3 is 0 Å². The first kappa shape index (κ1) is 8.06. The van der Waals surface area contributed by atoms with Crippen molar-refractivity contribution in [2.45, 2.75) is 25.6 Å². The summed E-state index contributed by atoms with van der Waals surface area (Å²) in [5.41, 5.74) is 4.18. The molecule has 2 aliphatic rings. The van der Waals surface area contributed by atoms with E-state index in [0.29, 0.717) is 12.2 Å². The van der Waals surface area contributed by atoms with Gasteiger partial charge in [-0.2, -0.15) is 0 Å². The minimum Gasteiger partial charge on any atom is -0.370 e. The van der Waals surface area contributed by atoms with Crippen molar-refractivity contribution in [3.63, 3.8) is 0 Å². The molecule has 0 amide bonds. The summed E-state index contributed by atoms with van der Waals surface area (Å²) in [6, 6.07) is 6.93. The van der Waals surface area contributed by atoms with E-state index in [1.54, 1.807) is 0 Å². The fourth-order valence-electron chi connectivity index (χ4n) is 2.39. The molecule has 3 rings (SSSR count). The van der Waals surface area contributed by atoms with E-state index >= 15 is 0 Å². The Morgan fingerprint density at radius 3 is 3.21 bits per heavy atom. The van der Waals surface area contributed by atoms with Crippen LogP contribution in [0.15, 0.2) is 30.4 Å². The highest BCUT2D eigenvalue weighted by Gasteiger charge is 2.25. The third kappa shape index (κ3) is 1.07. The van der Waals surface area contributed by atoms with Crippen molar-refractivity contribution < 1.29 is 0 Å². The standard InChI is InChI=1S/C12H14N2/c1-8-13-10-6-2-4-9-5-3-7-11(14-8)12(9)10/h2-4,6-8,11,13-14H,5H2,1H3. The fraction of sp³-hybridized carbons (Fsp3) is 0.333. The van der Waals surface area contributed by atoms with Crippen LogP contribution in [-0.4, -0.2) is 6.17 Å². The SMILES string of the molecule is CC1Nc2cccc3c2C(C=CC3)N1. The minimum atomic E-state index is 0.352. The van der Waals surface area contributed by atoms with E-state index in [1.165, 1.54) is 16.8 Å². The fourth-order valence-corrected chi connectivity index (χ4v) is 2.39. The summed E-state index contributed by atoms with van der Waals surface area (Å²) in [7, 11) is 0. The summed E-state index contributed by atoms with van der Waals surface area (Å²) in [5, 5.41) is 6.97. The second kappa shape index (κ2) is 2.85. The first-order valence-electron chi connectivity index (χ1n) is 5.15. The van der Waals surface area contributed by atoms with Crippen LogP contribution in [0.3, 0.4) is 0 Å². The van der Waals surface area contributed by atoms with Gasteiger partial charge in [0.1, 0.15) is 0 Å². The van der Waals surface area contributed by atoms with Crippen LogP contribution in [0.2, 0.25) is 0 Å². The molecule has 1 aliphatic heterocycles. The molecule has 2 atom stereocenters. The molecule has 0 bridgehead atoms. The molecular formula is C12H14N2. The minimum absolute atomic E-state index is 0.352. The van der Waals surface area contributed by atoms with Crippen LogP contribution in [0.25, 0.3) is 0 Å². The van der Waals surface area contributed by atoms with Crippen molar-refractivity contribution in [3.8, 4) is 0 Å². The second-order valence-electron chi connectivity index (χ2n) is 4.02. The molecule has 72 valence electrons. The molecule has 1 aromatic rings. The van der Waals surface area contributed by atoms with Gasteiger partial charge in [-0.3, -0.25) is 5.32 Å². The summed E-state index contributed by atoms with van der Waals surface area (Å²) in [4.78, 5) is 0. The van der Waals surface area contributed by atoms with Gasteiger partial charge in [-0.15, -0.1) is 0 Å². The average Bonchev–Trinajstić information content (AvgIpc) is 2.18. The van der Waals surface area contributed by atoms with E-state index in [4.69, 9.17) is 0 Å². The molecule has 2 nitrogen and oxygen atoms in total. The van der Waals surface area contributed by atoms with Gasteiger partial charge in [-0.05, 0) is 30.5 Å². The second-order valence-corrected chi connectivity index (χ2v) is 4.02. The molecular weight excluding hydrogens is 172 g/mol.